The summed E-state index contributed by atoms with van der Waals surface area (Å²) in [4.78, 5) is 16.4. The second-order valence-electron chi connectivity index (χ2n) is 7.43. The van der Waals surface area contributed by atoms with Gasteiger partial charge in [0, 0.05) is 23.7 Å². The lowest BCUT2D eigenvalue weighted by molar-refractivity contribution is -0.164. The summed E-state index contributed by atoms with van der Waals surface area (Å²) in [7, 11) is 0. The highest BCUT2D eigenvalue weighted by atomic mass is 19.4. The first-order valence-corrected chi connectivity index (χ1v) is 9.06. The third kappa shape index (κ3) is 4.18. The predicted molar refractivity (Wildman–Crippen MR) is 97.2 cm³/mol. The molecule has 1 fully saturated rings. The van der Waals surface area contributed by atoms with E-state index in [-0.39, 0.29) is 23.5 Å². The molecule has 4 N–H and O–H groups in total. The molecule has 1 aromatic heterocycles. The number of carbonyl (C=O) groups excluding carboxylic acids is 1. The predicted octanol–water partition coefficient (Wildman–Crippen LogP) is 3.00. The summed E-state index contributed by atoms with van der Waals surface area (Å²) in [5, 5.41) is 5.92. The molecule has 1 amide bonds. The molecule has 10 heteroatoms. The van der Waals surface area contributed by atoms with Gasteiger partial charge in [-0.3, -0.25) is 9.78 Å². The van der Waals surface area contributed by atoms with E-state index in [0.29, 0.717) is 23.9 Å². The Labute approximate surface area is 163 Å². The minimum absolute atomic E-state index is 0.00709. The highest BCUT2D eigenvalue weighted by Crippen LogP contribution is 2.38. The molecule has 0 radical (unpaired) electrons. The highest BCUT2D eigenvalue weighted by molar-refractivity contribution is 5.88. The van der Waals surface area contributed by atoms with Crippen LogP contribution < -0.4 is 16.4 Å². The quantitative estimate of drug-likeness (QED) is 0.670. The fourth-order valence-electron chi connectivity index (χ4n) is 3.89. The Bertz CT molecular complexity index is 904. The maximum absolute atomic E-state index is 13.4. The number of amides is 1. The Morgan fingerprint density at radius 1 is 1.34 bits per heavy atom. The van der Waals surface area contributed by atoms with Crippen molar-refractivity contribution in [1.29, 1.82) is 0 Å². The molecule has 0 bridgehead atoms. The topological polar surface area (TPSA) is 80.0 Å². The van der Waals surface area contributed by atoms with E-state index in [9.17, 15) is 26.7 Å². The summed E-state index contributed by atoms with van der Waals surface area (Å²) >= 11 is 0. The van der Waals surface area contributed by atoms with Crippen LogP contribution >= 0.6 is 0 Å². The van der Waals surface area contributed by atoms with Crippen LogP contribution in [-0.4, -0.2) is 36.2 Å². The smallest absolute Gasteiger partial charge is 0.344 e. The van der Waals surface area contributed by atoms with E-state index in [0.717, 1.165) is 0 Å². The number of halogens is 5. The lowest BCUT2D eigenvalue weighted by Crippen LogP contribution is -2.62. The van der Waals surface area contributed by atoms with Gasteiger partial charge in [-0.1, -0.05) is 25.1 Å². The standard InChI is InChI=1S/C19H21F5N4O/c1-10-7-18(9-26-8-10,28-17(29)15(25)19(22,23)24)13-5-4-12(16(20)21)14-11(13)3-2-6-27-14/h2-6,10,15-16,26H,7-9,25H2,1H3,(H,28,29)/t10-,15+,18-/m0/s1. The third-order valence-corrected chi connectivity index (χ3v) is 5.17. The van der Waals surface area contributed by atoms with Crippen LogP contribution in [0.15, 0.2) is 30.5 Å². The Kier molecular flexibility index (Phi) is 5.77. The second kappa shape index (κ2) is 7.83. The molecule has 0 spiro atoms. The van der Waals surface area contributed by atoms with Gasteiger partial charge in [0.15, 0.2) is 6.04 Å². The number of pyridine rings is 1. The van der Waals surface area contributed by atoms with Gasteiger partial charge in [-0.15, -0.1) is 0 Å². The fourth-order valence-corrected chi connectivity index (χ4v) is 3.89. The van der Waals surface area contributed by atoms with Crippen molar-refractivity contribution in [2.24, 2.45) is 11.7 Å². The maximum Gasteiger partial charge on any atom is 0.412 e. The number of rotatable bonds is 4. The molecular formula is C19H21F5N4O. The molecule has 1 aliphatic rings. The summed E-state index contributed by atoms with van der Waals surface area (Å²) in [6.07, 6.45) is -5.99. The monoisotopic (exact) mass is 416 g/mol. The van der Waals surface area contributed by atoms with Crippen molar-refractivity contribution in [2.75, 3.05) is 13.1 Å². The van der Waals surface area contributed by atoms with Crippen molar-refractivity contribution in [1.82, 2.24) is 15.6 Å². The van der Waals surface area contributed by atoms with E-state index in [1.54, 1.807) is 12.1 Å². The molecule has 1 saturated heterocycles. The molecule has 29 heavy (non-hydrogen) atoms. The van der Waals surface area contributed by atoms with Crippen molar-refractivity contribution in [3.05, 3.63) is 41.6 Å². The number of benzene rings is 1. The molecule has 0 unspecified atom stereocenters. The van der Waals surface area contributed by atoms with Crippen molar-refractivity contribution < 1.29 is 26.7 Å². The summed E-state index contributed by atoms with van der Waals surface area (Å²) in [5.74, 6) is -1.36. The Morgan fingerprint density at radius 3 is 2.69 bits per heavy atom. The third-order valence-electron chi connectivity index (χ3n) is 5.17. The molecule has 3 atom stereocenters. The number of hydrogen-bond acceptors (Lipinski definition) is 4. The van der Waals surface area contributed by atoms with E-state index in [1.807, 2.05) is 6.92 Å². The molecule has 158 valence electrons. The first-order chi connectivity index (χ1) is 13.5. The van der Waals surface area contributed by atoms with E-state index >= 15 is 0 Å². The summed E-state index contributed by atoms with van der Waals surface area (Å²) in [6, 6.07) is 3.05. The molecular weight excluding hydrogens is 395 g/mol. The van der Waals surface area contributed by atoms with Crippen molar-refractivity contribution in [3.8, 4) is 0 Å². The Balaban J connectivity index is 2.14. The zero-order valence-electron chi connectivity index (χ0n) is 15.6. The SMILES string of the molecule is C[C@@H]1CNC[C@](NC(=O)[C@@H](N)C(F)(F)F)(c2ccc(C(F)F)c3ncccc23)C1. The largest absolute Gasteiger partial charge is 0.412 e. The molecule has 2 aromatic rings. The summed E-state index contributed by atoms with van der Waals surface area (Å²) < 4.78 is 65.7. The number of nitrogens with one attached hydrogen (secondary N) is 2. The van der Waals surface area contributed by atoms with Gasteiger partial charge in [0.2, 0.25) is 5.91 Å². The second-order valence-corrected chi connectivity index (χ2v) is 7.43. The fraction of sp³-hybridized carbons (Fsp3) is 0.474. The first-order valence-electron chi connectivity index (χ1n) is 9.06. The van der Waals surface area contributed by atoms with Gasteiger partial charge >= 0.3 is 6.18 Å². The van der Waals surface area contributed by atoms with E-state index in [4.69, 9.17) is 5.73 Å². The molecule has 1 aliphatic heterocycles. The number of alkyl halides is 5. The first kappa shape index (κ1) is 21.4. The van der Waals surface area contributed by atoms with Gasteiger partial charge < -0.3 is 16.4 Å². The van der Waals surface area contributed by atoms with Gasteiger partial charge in [0.05, 0.1) is 11.1 Å². The number of piperidine rings is 1. The minimum Gasteiger partial charge on any atom is -0.344 e. The van der Waals surface area contributed by atoms with Crippen LogP contribution in [0.5, 0.6) is 0 Å². The average molecular weight is 416 g/mol. The number of fused-ring (bicyclic) bond motifs is 1. The zero-order chi connectivity index (χ0) is 21.4. The van der Waals surface area contributed by atoms with Crippen molar-refractivity contribution in [3.63, 3.8) is 0 Å². The number of carbonyl (C=O) groups is 1. The van der Waals surface area contributed by atoms with Crippen LogP contribution in [0.1, 0.15) is 30.9 Å². The van der Waals surface area contributed by atoms with Crippen LogP contribution in [0, 0.1) is 5.92 Å². The van der Waals surface area contributed by atoms with E-state index < -0.39 is 30.1 Å². The van der Waals surface area contributed by atoms with Gasteiger partial charge in [-0.05, 0) is 30.5 Å². The van der Waals surface area contributed by atoms with Gasteiger partial charge in [-0.25, -0.2) is 8.78 Å². The van der Waals surface area contributed by atoms with Crippen molar-refractivity contribution >= 4 is 16.8 Å². The summed E-state index contributed by atoms with van der Waals surface area (Å²) in [5.41, 5.74) is 4.03. The molecule has 5 nitrogen and oxygen atoms in total. The lowest BCUT2D eigenvalue weighted by atomic mass is 9.77. The van der Waals surface area contributed by atoms with Crippen LogP contribution in [-0.2, 0) is 10.3 Å². The van der Waals surface area contributed by atoms with Gasteiger partial charge in [0.1, 0.15) is 0 Å². The highest BCUT2D eigenvalue weighted by Gasteiger charge is 2.46. The van der Waals surface area contributed by atoms with Crippen LogP contribution in [0.25, 0.3) is 10.9 Å². The van der Waals surface area contributed by atoms with Gasteiger partial charge in [0.25, 0.3) is 6.43 Å². The van der Waals surface area contributed by atoms with Crippen LogP contribution in [0.3, 0.4) is 0 Å². The lowest BCUT2D eigenvalue weighted by Gasteiger charge is -2.43. The Hall–Kier alpha value is -2.33. The van der Waals surface area contributed by atoms with Crippen LogP contribution in [0.2, 0.25) is 0 Å². The molecule has 2 heterocycles. The number of nitrogens with zero attached hydrogens (tertiary/aromatic N) is 1. The minimum atomic E-state index is -4.90. The number of aromatic nitrogens is 1. The molecule has 0 aliphatic carbocycles. The molecule has 3 rings (SSSR count). The summed E-state index contributed by atoms with van der Waals surface area (Å²) in [6.45, 7) is 2.62. The van der Waals surface area contributed by atoms with Gasteiger partial charge in [-0.2, -0.15) is 13.2 Å². The normalized spacial score (nSPS) is 23.9. The number of nitrogens with two attached hydrogens (primary N) is 1. The van der Waals surface area contributed by atoms with Crippen LogP contribution in [0.4, 0.5) is 22.0 Å². The molecule has 0 saturated carbocycles. The maximum atomic E-state index is 13.4. The van der Waals surface area contributed by atoms with E-state index in [1.165, 1.54) is 18.3 Å². The number of hydrogen-bond donors (Lipinski definition) is 3. The molecule has 1 aromatic carbocycles. The average Bonchev–Trinajstić information content (AvgIpc) is 2.65. The Morgan fingerprint density at radius 2 is 2.07 bits per heavy atom. The zero-order valence-corrected chi connectivity index (χ0v) is 15.6. The van der Waals surface area contributed by atoms with E-state index in [2.05, 4.69) is 15.6 Å². The van der Waals surface area contributed by atoms with Crippen molar-refractivity contribution in [2.45, 2.75) is 37.5 Å².